The van der Waals surface area contributed by atoms with Crippen molar-refractivity contribution in [3.05, 3.63) is 22.4 Å². The quantitative estimate of drug-likeness (QED) is 0.844. The van der Waals surface area contributed by atoms with E-state index in [2.05, 4.69) is 17.5 Å². The molecule has 0 saturated carbocycles. The third-order valence-electron chi connectivity index (χ3n) is 3.49. The van der Waals surface area contributed by atoms with Crippen LogP contribution in [0, 0.1) is 5.92 Å². The molecule has 1 unspecified atom stereocenters. The number of aliphatic hydroxyl groups is 1. The second-order valence-corrected chi connectivity index (χ2v) is 5.95. The highest BCUT2D eigenvalue weighted by molar-refractivity contribution is 7.09. The summed E-state index contributed by atoms with van der Waals surface area (Å²) in [4.78, 5) is 1.43. The van der Waals surface area contributed by atoms with E-state index in [1.165, 1.54) is 4.88 Å². The Morgan fingerprint density at radius 3 is 2.94 bits per heavy atom. The van der Waals surface area contributed by atoms with Crippen molar-refractivity contribution in [1.82, 2.24) is 0 Å². The molecule has 96 valence electrons. The van der Waals surface area contributed by atoms with Gasteiger partial charge in [-0.25, -0.2) is 0 Å². The standard InChI is InChI=1S/C14H22O2S/c15-13(11-12-6-8-16-9-7-12)3-1-4-14-5-2-10-17-14/h2,5,10,12-13,15H,1,3-4,6-9,11H2. The molecule has 1 saturated heterocycles. The van der Waals surface area contributed by atoms with Gasteiger partial charge in [0.05, 0.1) is 6.10 Å². The largest absolute Gasteiger partial charge is 0.393 e. The number of aryl methyl sites for hydroxylation is 1. The highest BCUT2D eigenvalue weighted by atomic mass is 32.1. The van der Waals surface area contributed by atoms with Gasteiger partial charge in [-0.3, -0.25) is 0 Å². The summed E-state index contributed by atoms with van der Waals surface area (Å²) in [5, 5.41) is 12.1. The molecule has 0 spiro atoms. The fourth-order valence-corrected chi connectivity index (χ4v) is 3.20. The van der Waals surface area contributed by atoms with Gasteiger partial charge < -0.3 is 9.84 Å². The van der Waals surface area contributed by atoms with Gasteiger partial charge in [0, 0.05) is 18.1 Å². The minimum absolute atomic E-state index is 0.113. The molecular formula is C14H22O2S. The smallest absolute Gasteiger partial charge is 0.0543 e. The first-order chi connectivity index (χ1) is 8.34. The summed E-state index contributed by atoms with van der Waals surface area (Å²) in [5.41, 5.74) is 0. The predicted octanol–water partition coefficient (Wildman–Crippen LogP) is 3.25. The minimum atomic E-state index is -0.113. The first kappa shape index (κ1) is 13.1. The monoisotopic (exact) mass is 254 g/mol. The van der Waals surface area contributed by atoms with Gasteiger partial charge in [-0.2, -0.15) is 0 Å². The Labute approximate surface area is 108 Å². The highest BCUT2D eigenvalue weighted by Gasteiger charge is 2.17. The van der Waals surface area contributed by atoms with Gasteiger partial charge in [0.1, 0.15) is 0 Å². The number of aliphatic hydroxyl groups excluding tert-OH is 1. The Balaban J connectivity index is 1.58. The van der Waals surface area contributed by atoms with Gasteiger partial charge in [-0.05, 0) is 55.9 Å². The van der Waals surface area contributed by atoms with Gasteiger partial charge in [-0.1, -0.05) is 6.07 Å². The summed E-state index contributed by atoms with van der Waals surface area (Å²) >= 11 is 1.81. The van der Waals surface area contributed by atoms with Crippen molar-refractivity contribution in [2.75, 3.05) is 13.2 Å². The maximum absolute atomic E-state index is 9.99. The van der Waals surface area contributed by atoms with Crippen LogP contribution in [0.5, 0.6) is 0 Å². The third-order valence-corrected chi connectivity index (χ3v) is 4.42. The second kappa shape index (κ2) is 7.14. The summed E-state index contributed by atoms with van der Waals surface area (Å²) in [7, 11) is 0. The predicted molar refractivity (Wildman–Crippen MR) is 71.4 cm³/mol. The molecule has 2 nitrogen and oxygen atoms in total. The van der Waals surface area contributed by atoms with Crippen LogP contribution in [0.25, 0.3) is 0 Å². The summed E-state index contributed by atoms with van der Waals surface area (Å²) in [6.45, 7) is 1.76. The molecule has 1 aromatic heterocycles. The fraction of sp³-hybridized carbons (Fsp3) is 0.714. The molecule has 2 rings (SSSR count). The third kappa shape index (κ3) is 4.78. The van der Waals surface area contributed by atoms with Gasteiger partial charge in [0.25, 0.3) is 0 Å². The zero-order valence-electron chi connectivity index (χ0n) is 10.3. The van der Waals surface area contributed by atoms with Crippen LogP contribution in [-0.4, -0.2) is 24.4 Å². The number of hydrogen-bond acceptors (Lipinski definition) is 3. The molecule has 2 heterocycles. The van der Waals surface area contributed by atoms with Crippen molar-refractivity contribution < 1.29 is 9.84 Å². The molecule has 0 bridgehead atoms. The maximum atomic E-state index is 9.99. The number of hydrogen-bond donors (Lipinski definition) is 1. The molecule has 1 aliphatic heterocycles. The Kier molecular flexibility index (Phi) is 5.49. The maximum Gasteiger partial charge on any atom is 0.0543 e. The fourth-order valence-electron chi connectivity index (χ4n) is 2.45. The van der Waals surface area contributed by atoms with Crippen molar-refractivity contribution in [2.24, 2.45) is 5.92 Å². The molecule has 0 radical (unpaired) electrons. The van der Waals surface area contributed by atoms with Crippen LogP contribution >= 0.6 is 11.3 Å². The van der Waals surface area contributed by atoms with E-state index in [1.54, 1.807) is 0 Å². The minimum Gasteiger partial charge on any atom is -0.393 e. The lowest BCUT2D eigenvalue weighted by Crippen LogP contribution is -2.21. The van der Waals surface area contributed by atoms with Crippen LogP contribution in [-0.2, 0) is 11.2 Å². The van der Waals surface area contributed by atoms with Crippen LogP contribution in [0.1, 0.15) is 37.0 Å². The summed E-state index contributed by atoms with van der Waals surface area (Å²) in [6, 6.07) is 4.27. The van der Waals surface area contributed by atoms with E-state index in [0.29, 0.717) is 5.92 Å². The van der Waals surface area contributed by atoms with E-state index >= 15 is 0 Å². The first-order valence-electron chi connectivity index (χ1n) is 6.63. The van der Waals surface area contributed by atoms with E-state index in [4.69, 9.17) is 4.74 Å². The zero-order chi connectivity index (χ0) is 11.9. The molecule has 1 aromatic rings. The van der Waals surface area contributed by atoms with E-state index in [-0.39, 0.29) is 6.10 Å². The lowest BCUT2D eigenvalue weighted by molar-refractivity contribution is 0.0417. The lowest BCUT2D eigenvalue weighted by Gasteiger charge is -2.24. The Bertz CT molecular complexity index is 291. The van der Waals surface area contributed by atoms with Gasteiger partial charge in [0.15, 0.2) is 0 Å². The molecule has 1 aliphatic rings. The van der Waals surface area contributed by atoms with Crippen LogP contribution in [0.4, 0.5) is 0 Å². The van der Waals surface area contributed by atoms with Crippen LogP contribution < -0.4 is 0 Å². The van der Waals surface area contributed by atoms with E-state index < -0.39 is 0 Å². The zero-order valence-corrected chi connectivity index (χ0v) is 11.1. The summed E-state index contributed by atoms with van der Waals surface area (Å²) in [5.74, 6) is 0.681. The van der Waals surface area contributed by atoms with Gasteiger partial charge >= 0.3 is 0 Å². The average molecular weight is 254 g/mol. The second-order valence-electron chi connectivity index (χ2n) is 4.92. The first-order valence-corrected chi connectivity index (χ1v) is 7.51. The molecule has 0 aromatic carbocycles. The molecule has 0 aliphatic carbocycles. The SMILES string of the molecule is OC(CCCc1cccs1)CC1CCOCC1. The summed E-state index contributed by atoms with van der Waals surface area (Å²) in [6.07, 6.45) is 6.26. The van der Waals surface area contributed by atoms with E-state index in [9.17, 15) is 5.11 Å². The number of ether oxygens (including phenoxy) is 1. The van der Waals surface area contributed by atoms with Crippen molar-refractivity contribution in [1.29, 1.82) is 0 Å². The Morgan fingerprint density at radius 2 is 2.24 bits per heavy atom. The van der Waals surface area contributed by atoms with E-state index in [0.717, 1.165) is 51.7 Å². The Hall–Kier alpha value is -0.380. The topological polar surface area (TPSA) is 29.5 Å². The lowest BCUT2D eigenvalue weighted by atomic mass is 9.92. The molecule has 1 atom stereocenters. The molecular weight excluding hydrogens is 232 g/mol. The van der Waals surface area contributed by atoms with Gasteiger partial charge in [0.2, 0.25) is 0 Å². The molecule has 17 heavy (non-hydrogen) atoms. The van der Waals surface area contributed by atoms with Crippen LogP contribution in [0.15, 0.2) is 17.5 Å². The summed E-state index contributed by atoms with van der Waals surface area (Å²) < 4.78 is 5.33. The van der Waals surface area contributed by atoms with Crippen molar-refractivity contribution >= 4 is 11.3 Å². The molecule has 1 fully saturated rings. The Morgan fingerprint density at radius 1 is 1.41 bits per heavy atom. The number of rotatable bonds is 6. The van der Waals surface area contributed by atoms with E-state index in [1.807, 2.05) is 11.3 Å². The van der Waals surface area contributed by atoms with Crippen molar-refractivity contribution in [3.8, 4) is 0 Å². The van der Waals surface area contributed by atoms with Crippen LogP contribution in [0.2, 0.25) is 0 Å². The van der Waals surface area contributed by atoms with Crippen LogP contribution in [0.3, 0.4) is 0 Å². The normalized spacial score (nSPS) is 19.4. The molecule has 0 amide bonds. The highest BCUT2D eigenvalue weighted by Crippen LogP contribution is 2.22. The number of thiophene rings is 1. The van der Waals surface area contributed by atoms with Gasteiger partial charge in [-0.15, -0.1) is 11.3 Å². The van der Waals surface area contributed by atoms with Crippen molar-refractivity contribution in [2.45, 2.75) is 44.6 Å². The molecule has 1 N–H and O–H groups in total. The molecule has 3 heteroatoms. The van der Waals surface area contributed by atoms with Crippen molar-refractivity contribution in [3.63, 3.8) is 0 Å². The average Bonchev–Trinajstić information content (AvgIpc) is 2.83.